The maximum atomic E-state index is 13.6. The molecule has 2 N–H and O–H groups in total. The van der Waals surface area contributed by atoms with Crippen LogP contribution in [0, 0.1) is 11.6 Å². The third-order valence-corrected chi connectivity index (χ3v) is 2.87. The number of rotatable bonds is 6. The molecule has 0 aliphatic carbocycles. The summed E-state index contributed by atoms with van der Waals surface area (Å²) in [4.78, 5) is 11.7. The summed E-state index contributed by atoms with van der Waals surface area (Å²) in [7, 11) is 0. The zero-order valence-electron chi connectivity index (χ0n) is 11.5. The predicted octanol–water partition coefficient (Wildman–Crippen LogP) is 2.53. The molecular formula is C14H20F2N2O. The van der Waals surface area contributed by atoms with E-state index in [4.69, 9.17) is 0 Å². The van der Waals surface area contributed by atoms with Gasteiger partial charge in [0.25, 0.3) is 0 Å². The molecule has 0 aromatic heterocycles. The molecule has 2 unspecified atom stereocenters. The van der Waals surface area contributed by atoms with Gasteiger partial charge in [-0.25, -0.2) is 8.78 Å². The molecule has 1 amide bonds. The van der Waals surface area contributed by atoms with Gasteiger partial charge in [-0.05, 0) is 26.3 Å². The molecule has 3 nitrogen and oxygen atoms in total. The van der Waals surface area contributed by atoms with Gasteiger partial charge in [-0.1, -0.05) is 13.0 Å². The number of amides is 1. The number of carbonyl (C=O) groups is 1. The first kappa shape index (κ1) is 15.6. The summed E-state index contributed by atoms with van der Waals surface area (Å²) in [6.45, 7) is 6.03. The van der Waals surface area contributed by atoms with Crippen molar-refractivity contribution in [2.75, 3.05) is 6.54 Å². The van der Waals surface area contributed by atoms with Gasteiger partial charge in [-0.15, -0.1) is 0 Å². The summed E-state index contributed by atoms with van der Waals surface area (Å²) in [6.07, 6.45) is 0.862. The van der Waals surface area contributed by atoms with Crippen molar-refractivity contribution >= 4 is 5.91 Å². The van der Waals surface area contributed by atoms with E-state index < -0.39 is 17.7 Å². The molecule has 2 atom stereocenters. The third-order valence-electron chi connectivity index (χ3n) is 2.87. The molecular weight excluding hydrogens is 250 g/mol. The van der Waals surface area contributed by atoms with E-state index in [1.54, 1.807) is 13.8 Å². The molecule has 0 bridgehead atoms. The Hall–Kier alpha value is -1.49. The standard InChI is InChI=1S/C14H20F2N2O/c1-4-7-17-14(19)10(3)18-9(2)12-6-5-11(15)8-13(12)16/h5-6,8-10,18H,4,7H2,1-3H3,(H,17,19). The monoisotopic (exact) mass is 270 g/mol. The lowest BCUT2D eigenvalue weighted by Crippen LogP contribution is -2.43. The fraction of sp³-hybridized carbons (Fsp3) is 0.500. The van der Waals surface area contributed by atoms with Crippen LogP contribution in [-0.2, 0) is 4.79 Å². The van der Waals surface area contributed by atoms with Crippen molar-refractivity contribution in [2.45, 2.75) is 39.3 Å². The molecule has 0 spiro atoms. The Morgan fingerprint density at radius 2 is 2.00 bits per heavy atom. The molecule has 1 aromatic carbocycles. The van der Waals surface area contributed by atoms with E-state index in [9.17, 15) is 13.6 Å². The van der Waals surface area contributed by atoms with Crippen molar-refractivity contribution in [1.29, 1.82) is 0 Å². The van der Waals surface area contributed by atoms with Gasteiger partial charge >= 0.3 is 0 Å². The van der Waals surface area contributed by atoms with Crippen LogP contribution in [-0.4, -0.2) is 18.5 Å². The minimum Gasteiger partial charge on any atom is -0.355 e. The highest BCUT2D eigenvalue weighted by Gasteiger charge is 2.18. The van der Waals surface area contributed by atoms with E-state index in [0.29, 0.717) is 12.1 Å². The zero-order chi connectivity index (χ0) is 14.4. The van der Waals surface area contributed by atoms with E-state index in [1.807, 2.05) is 6.92 Å². The summed E-state index contributed by atoms with van der Waals surface area (Å²) < 4.78 is 26.4. The van der Waals surface area contributed by atoms with Crippen molar-refractivity contribution in [2.24, 2.45) is 0 Å². The van der Waals surface area contributed by atoms with Gasteiger partial charge in [0.2, 0.25) is 5.91 Å². The van der Waals surface area contributed by atoms with Crippen LogP contribution >= 0.6 is 0 Å². The predicted molar refractivity (Wildman–Crippen MR) is 70.7 cm³/mol. The number of hydrogen-bond donors (Lipinski definition) is 2. The first-order valence-electron chi connectivity index (χ1n) is 6.44. The lowest BCUT2D eigenvalue weighted by Gasteiger charge is -2.20. The second kappa shape index (κ2) is 7.19. The van der Waals surface area contributed by atoms with Gasteiger partial charge in [-0.2, -0.15) is 0 Å². The summed E-state index contributed by atoms with van der Waals surface area (Å²) in [6, 6.07) is 2.63. The Bertz CT molecular complexity index is 437. The Kier molecular flexibility index (Phi) is 5.89. The van der Waals surface area contributed by atoms with Crippen molar-refractivity contribution in [1.82, 2.24) is 10.6 Å². The lowest BCUT2D eigenvalue weighted by atomic mass is 10.1. The number of benzene rings is 1. The minimum atomic E-state index is -0.610. The molecule has 0 saturated carbocycles. The van der Waals surface area contributed by atoms with E-state index in [2.05, 4.69) is 10.6 Å². The van der Waals surface area contributed by atoms with E-state index in [1.165, 1.54) is 12.1 Å². The largest absolute Gasteiger partial charge is 0.355 e. The van der Waals surface area contributed by atoms with E-state index in [0.717, 1.165) is 12.5 Å². The normalized spacial score (nSPS) is 13.9. The van der Waals surface area contributed by atoms with Crippen LogP contribution in [0.1, 0.15) is 38.8 Å². The summed E-state index contributed by atoms with van der Waals surface area (Å²) in [5, 5.41) is 5.75. The van der Waals surface area contributed by atoms with Crippen molar-refractivity contribution in [3.05, 3.63) is 35.4 Å². The van der Waals surface area contributed by atoms with Gasteiger partial charge in [0, 0.05) is 24.2 Å². The SMILES string of the molecule is CCCNC(=O)C(C)NC(C)c1ccc(F)cc1F. The first-order valence-corrected chi connectivity index (χ1v) is 6.44. The quantitative estimate of drug-likeness (QED) is 0.834. The molecule has 0 heterocycles. The molecule has 0 aliphatic heterocycles. The average molecular weight is 270 g/mol. The number of hydrogen-bond acceptors (Lipinski definition) is 2. The number of nitrogens with one attached hydrogen (secondary N) is 2. The second-order valence-corrected chi connectivity index (χ2v) is 4.57. The summed E-state index contributed by atoms with van der Waals surface area (Å²) in [5.41, 5.74) is 0.344. The molecule has 1 rings (SSSR count). The van der Waals surface area contributed by atoms with Gasteiger partial charge in [0.05, 0.1) is 6.04 Å². The fourth-order valence-corrected chi connectivity index (χ4v) is 1.79. The van der Waals surface area contributed by atoms with Crippen LogP contribution < -0.4 is 10.6 Å². The number of halogens is 2. The van der Waals surface area contributed by atoms with Crippen LogP contribution in [0.3, 0.4) is 0 Å². The fourth-order valence-electron chi connectivity index (χ4n) is 1.79. The van der Waals surface area contributed by atoms with Gasteiger partial charge < -0.3 is 5.32 Å². The number of carbonyl (C=O) groups excluding carboxylic acids is 1. The molecule has 0 radical (unpaired) electrons. The first-order chi connectivity index (χ1) is 8.95. The summed E-state index contributed by atoms with van der Waals surface area (Å²) in [5.74, 6) is -1.35. The Morgan fingerprint density at radius 3 is 2.58 bits per heavy atom. The molecule has 0 aliphatic rings. The maximum Gasteiger partial charge on any atom is 0.236 e. The maximum absolute atomic E-state index is 13.6. The van der Waals surface area contributed by atoms with Crippen LogP contribution in [0.25, 0.3) is 0 Å². The molecule has 19 heavy (non-hydrogen) atoms. The molecule has 0 saturated heterocycles. The van der Waals surface area contributed by atoms with Gasteiger partial charge in [0.15, 0.2) is 0 Å². The van der Waals surface area contributed by atoms with Crippen LogP contribution in [0.4, 0.5) is 8.78 Å². The topological polar surface area (TPSA) is 41.1 Å². The zero-order valence-corrected chi connectivity index (χ0v) is 11.5. The highest BCUT2D eigenvalue weighted by atomic mass is 19.1. The van der Waals surface area contributed by atoms with E-state index >= 15 is 0 Å². The molecule has 1 aromatic rings. The average Bonchev–Trinajstić information content (AvgIpc) is 2.35. The van der Waals surface area contributed by atoms with Crippen molar-refractivity contribution < 1.29 is 13.6 Å². The molecule has 5 heteroatoms. The molecule has 0 fully saturated rings. The van der Waals surface area contributed by atoms with E-state index in [-0.39, 0.29) is 11.9 Å². The van der Waals surface area contributed by atoms with Crippen LogP contribution in [0.2, 0.25) is 0 Å². The highest BCUT2D eigenvalue weighted by Crippen LogP contribution is 2.18. The summed E-state index contributed by atoms with van der Waals surface area (Å²) >= 11 is 0. The second-order valence-electron chi connectivity index (χ2n) is 4.57. The Balaban J connectivity index is 2.63. The lowest BCUT2D eigenvalue weighted by molar-refractivity contribution is -0.122. The van der Waals surface area contributed by atoms with Crippen molar-refractivity contribution in [3.8, 4) is 0 Å². The minimum absolute atomic E-state index is 0.129. The van der Waals surface area contributed by atoms with Crippen LogP contribution in [0.15, 0.2) is 18.2 Å². The Morgan fingerprint density at radius 1 is 1.32 bits per heavy atom. The van der Waals surface area contributed by atoms with Crippen molar-refractivity contribution in [3.63, 3.8) is 0 Å². The highest BCUT2D eigenvalue weighted by molar-refractivity contribution is 5.81. The third kappa shape index (κ3) is 4.59. The molecule has 106 valence electrons. The van der Waals surface area contributed by atoms with Crippen LogP contribution in [0.5, 0.6) is 0 Å². The van der Waals surface area contributed by atoms with Gasteiger partial charge in [0.1, 0.15) is 11.6 Å². The van der Waals surface area contributed by atoms with Gasteiger partial charge in [-0.3, -0.25) is 10.1 Å². The Labute approximate surface area is 112 Å². The smallest absolute Gasteiger partial charge is 0.236 e.